The summed E-state index contributed by atoms with van der Waals surface area (Å²) in [6.45, 7) is 1.51. The van der Waals surface area contributed by atoms with E-state index in [0.29, 0.717) is 20.8 Å². The average molecular weight is 458 g/mol. The van der Waals surface area contributed by atoms with Crippen LogP contribution in [0.1, 0.15) is 12.5 Å². The number of carbonyl (C=O) groups is 2. The molecule has 0 unspecified atom stereocenters. The van der Waals surface area contributed by atoms with Crippen molar-refractivity contribution >= 4 is 39.3 Å². The number of carbonyl (C=O) groups excluding carboxylic acids is 2. The van der Waals surface area contributed by atoms with Crippen LogP contribution in [-0.2, 0) is 16.1 Å². The molecule has 5 nitrogen and oxygen atoms in total. The molecule has 2 rings (SSSR count). The van der Waals surface area contributed by atoms with Gasteiger partial charge in [-0.15, -0.1) is 0 Å². The van der Waals surface area contributed by atoms with Gasteiger partial charge in [0.1, 0.15) is 17.6 Å². The quantitative estimate of drug-likeness (QED) is 0.688. The Bertz CT molecular complexity index is 817. The molecule has 0 aromatic heterocycles. The van der Waals surface area contributed by atoms with Crippen LogP contribution < -0.4 is 10.1 Å². The second-order valence-electron chi connectivity index (χ2n) is 5.80. The lowest BCUT2D eigenvalue weighted by Crippen LogP contribution is -2.48. The molecule has 2 aromatic carbocycles. The lowest BCUT2D eigenvalue weighted by atomic mass is 10.1. The largest absolute Gasteiger partial charge is 0.483 e. The van der Waals surface area contributed by atoms with Crippen LogP contribution >= 0.6 is 27.5 Å². The summed E-state index contributed by atoms with van der Waals surface area (Å²) in [5.41, 5.74) is 0.702. The zero-order valence-corrected chi connectivity index (χ0v) is 17.2. The normalized spacial score (nSPS) is 11.6. The van der Waals surface area contributed by atoms with E-state index < -0.39 is 6.04 Å². The van der Waals surface area contributed by atoms with Crippen molar-refractivity contribution in [2.75, 3.05) is 13.7 Å². The number of amides is 2. The number of likely N-dealkylation sites (N-methyl/N-ethyl adjacent to an activating group) is 1. The third-order valence-corrected chi connectivity index (χ3v) is 4.78. The Kier molecular flexibility index (Phi) is 7.62. The monoisotopic (exact) mass is 456 g/mol. The molecule has 0 bridgehead atoms. The number of hydrogen-bond acceptors (Lipinski definition) is 3. The Hall–Kier alpha value is -2.12. The van der Waals surface area contributed by atoms with Crippen LogP contribution in [0, 0.1) is 5.82 Å². The molecule has 1 N–H and O–H groups in total. The molecule has 0 fully saturated rings. The minimum atomic E-state index is -0.718. The zero-order valence-electron chi connectivity index (χ0n) is 14.8. The van der Waals surface area contributed by atoms with E-state index in [1.807, 2.05) is 0 Å². The third-order valence-electron chi connectivity index (χ3n) is 3.92. The van der Waals surface area contributed by atoms with Crippen LogP contribution in [-0.4, -0.2) is 36.4 Å². The summed E-state index contributed by atoms with van der Waals surface area (Å²) in [6, 6.07) is 10.00. The number of halogens is 3. The van der Waals surface area contributed by atoms with E-state index in [2.05, 4.69) is 21.2 Å². The molecular formula is C19H19BrClFN2O3. The van der Waals surface area contributed by atoms with Crippen molar-refractivity contribution in [3.05, 3.63) is 63.3 Å². The van der Waals surface area contributed by atoms with Gasteiger partial charge in [-0.05, 0) is 58.7 Å². The molecule has 1 atom stereocenters. The van der Waals surface area contributed by atoms with Crippen molar-refractivity contribution in [3.8, 4) is 5.75 Å². The van der Waals surface area contributed by atoms with E-state index in [4.69, 9.17) is 16.3 Å². The average Bonchev–Trinajstić information content (AvgIpc) is 2.65. The fourth-order valence-electron chi connectivity index (χ4n) is 2.39. The SMILES string of the molecule is CNC(=O)[C@@H](C)N(Cc1ccc(F)cc1)C(=O)COc1ccc(Cl)cc1Br. The number of benzene rings is 2. The van der Waals surface area contributed by atoms with Gasteiger partial charge in [0.05, 0.1) is 4.47 Å². The van der Waals surface area contributed by atoms with Crippen molar-refractivity contribution in [2.24, 2.45) is 0 Å². The fraction of sp³-hybridized carbons (Fsp3) is 0.263. The summed E-state index contributed by atoms with van der Waals surface area (Å²) in [4.78, 5) is 26.2. The summed E-state index contributed by atoms with van der Waals surface area (Å²) in [7, 11) is 1.50. The molecule has 0 aliphatic rings. The van der Waals surface area contributed by atoms with Gasteiger partial charge in [0.25, 0.3) is 5.91 Å². The van der Waals surface area contributed by atoms with E-state index in [1.165, 1.54) is 24.1 Å². The summed E-state index contributed by atoms with van der Waals surface area (Å²) in [5, 5.41) is 3.06. The Balaban J connectivity index is 2.14. The maximum atomic E-state index is 13.1. The van der Waals surface area contributed by atoms with Gasteiger partial charge in [0.2, 0.25) is 5.91 Å². The number of nitrogens with zero attached hydrogens (tertiary/aromatic N) is 1. The lowest BCUT2D eigenvalue weighted by molar-refractivity contribution is -0.142. The summed E-state index contributed by atoms with van der Waals surface area (Å²) in [6.07, 6.45) is 0. The first-order valence-electron chi connectivity index (χ1n) is 8.15. The second-order valence-corrected chi connectivity index (χ2v) is 7.09. The van der Waals surface area contributed by atoms with Gasteiger partial charge >= 0.3 is 0 Å². The molecule has 0 aliphatic carbocycles. The van der Waals surface area contributed by atoms with Gasteiger partial charge in [-0.3, -0.25) is 9.59 Å². The van der Waals surface area contributed by atoms with Gasteiger partial charge in [-0.1, -0.05) is 23.7 Å². The molecule has 0 saturated heterocycles. The highest BCUT2D eigenvalue weighted by Gasteiger charge is 2.26. The summed E-state index contributed by atoms with van der Waals surface area (Å²) in [5.74, 6) is -0.593. The Labute approximate surface area is 170 Å². The topological polar surface area (TPSA) is 58.6 Å². The first-order chi connectivity index (χ1) is 12.8. The van der Waals surface area contributed by atoms with Crippen molar-refractivity contribution in [3.63, 3.8) is 0 Å². The van der Waals surface area contributed by atoms with Crippen molar-refractivity contribution < 1.29 is 18.7 Å². The predicted molar refractivity (Wildman–Crippen MR) is 105 cm³/mol. The third kappa shape index (κ3) is 5.94. The molecule has 144 valence electrons. The highest BCUT2D eigenvalue weighted by Crippen LogP contribution is 2.28. The highest BCUT2D eigenvalue weighted by atomic mass is 79.9. The molecule has 8 heteroatoms. The minimum Gasteiger partial charge on any atom is -0.483 e. The Morgan fingerprint density at radius 2 is 1.93 bits per heavy atom. The zero-order chi connectivity index (χ0) is 20.0. The maximum absolute atomic E-state index is 13.1. The Morgan fingerprint density at radius 3 is 2.52 bits per heavy atom. The smallest absolute Gasteiger partial charge is 0.261 e. The van der Waals surface area contributed by atoms with Crippen LogP contribution in [0.2, 0.25) is 5.02 Å². The first kappa shape index (κ1) is 21.2. The van der Waals surface area contributed by atoms with Crippen LogP contribution in [0.3, 0.4) is 0 Å². The molecule has 0 saturated carbocycles. The number of hydrogen-bond donors (Lipinski definition) is 1. The molecule has 2 aromatic rings. The fourth-order valence-corrected chi connectivity index (χ4v) is 3.19. The molecule has 0 radical (unpaired) electrons. The number of nitrogens with one attached hydrogen (secondary N) is 1. The summed E-state index contributed by atoms with van der Waals surface area (Å²) < 4.78 is 19.3. The highest BCUT2D eigenvalue weighted by molar-refractivity contribution is 9.10. The maximum Gasteiger partial charge on any atom is 0.261 e. The van der Waals surface area contributed by atoms with E-state index in [9.17, 15) is 14.0 Å². The van der Waals surface area contributed by atoms with Crippen molar-refractivity contribution in [1.29, 1.82) is 0 Å². The lowest BCUT2D eigenvalue weighted by Gasteiger charge is -2.28. The standard InChI is InChI=1S/C19H19BrClFN2O3/c1-12(19(26)23-2)24(10-13-3-6-15(22)7-4-13)18(25)11-27-17-8-5-14(21)9-16(17)20/h3-9,12H,10-11H2,1-2H3,(H,23,26)/t12-/m1/s1. The van der Waals surface area contributed by atoms with E-state index >= 15 is 0 Å². The van der Waals surface area contributed by atoms with E-state index in [0.717, 1.165) is 0 Å². The molecule has 2 amide bonds. The second kappa shape index (κ2) is 9.71. The van der Waals surface area contributed by atoms with Gasteiger partial charge in [0.15, 0.2) is 6.61 Å². The molecule has 27 heavy (non-hydrogen) atoms. The molecule has 0 aliphatic heterocycles. The predicted octanol–water partition coefficient (Wildman–Crippen LogP) is 3.78. The Morgan fingerprint density at radius 1 is 1.26 bits per heavy atom. The van der Waals surface area contributed by atoms with E-state index in [-0.39, 0.29) is 30.8 Å². The van der Waals surface area contributed by atoms with Crippen molar-refractivity contribution in [2.45, 2.75) is 19.5 Å². The van der Waals surface area contributed by atoms with Gasteiger partial charge < -0.3 is 15.0 Å². The molecule has 0 spiro atoms. The number of rotatable bonds is 7. The summed E-state index contributed by atoms with van der Waals surface area (Å²) >= 11 is 9.22. The van der Waals surface area contributed by atoms with Crippen LogP contribution in [0.5, 0.6) is 5.75 Å². The minimum absolute atomic E-state index is 0.152. The van der Waals surface area contributed by atoms with Crippen LogP contribution in [0.25, 0.3) is 0 Å². The van der Waals surface area contributed by atoms with Gasteiger partial charge in [-0.2, -0.15) is 0 Å². The van der Waals surface area contributed by atoms with E-state index in [1.54, 1.807) is 37.3 Å². The van der Waals surface area contributed by atoms with Gasteiger partial charge in [0, 0.05) is 18.6 Å². The number of ether oxygens (including phenoxy) is 1. The first-order valence-corrected chi connectivity index (χ1v) is 9.32. The molecular weight excluding hydrogens is 439 g/mol. The van der Waals surface area contributed by atoms with Crippen LogP contribution in [0.15, 0.2) is 46.9 Å². The van der Waals surface area contributed by atoms with Crippen molar-refractivity contribution in [1.82, 2.24) is 10.2 Å². The van der Waals surface area contributed by atoms with Crippen LogP contribution in [0.4, 0.5) is 4.39 Å². The molecule has 0 heterocycles. The van der Waals surface area contributed by atoms with Gasteiger partial charge in [-0.25, -0.2) is 4.39 Å².